The Hall–Kier alpha value is -3.47. The molecule has 1 atom stereocenters. The van der Waals surface area contributed by atoms with Crippen LogP contribution in [-0.4, -0.2) is 45.4 Å². The van der Waals surface area contributed by atoms with E-state index < -0.39 is 5.92 Å². The average Bonchev–Trinajstić information content (AvgIpc) is 3.18. The molecule has 1 saturated heterocycles. The number of oxazole rings is 1. The lowest BCUT2D eigenvalue weighted by Gasteiger charge is -2.31. The summed E-state index contributed by atoms with van der Waals surface area (Å²) in [5.41, 5.74) is 2.77. The van der Waals surface area contributed by atoms with Gasteiger partial charge in [-0.25, -0.2) is 15.0 Å². The van der Waals surface area contributed by atoms with Crippen LogP contribution in [0.2, 0.25) is 0 Å². The predicted molar refractivity (Wildman–Crippen MR) is 112 cm³/mol. The van der Waals surface area contributed by atoms with E-state index in [1.165, 1.54) is 0 Å². The number of carbonyl (C=O) groups excluding carboxylic acids is 1. The van der Waals surface area contributed by atoms with Crippen LogP contribution < -0.4 is 5.32 Å². The SMILES string of the molecule is CC(=O)N1CCC(CNc2ncc(C)c(C(C#N)c3nc4ccccc4o3)n2)CC1. The van der Waals surface area contributed by atoms with Crippen LogP contribution >= 0.6 is 0 Å². The molecule has 1 aliphatic heterocycles. The van der Waals surface area contributed by atoms with Crippen LogP contribution in [0.1, 0.15) is 42.8 Å². The molecule has 1 unspecified atom stereocenters. The van der Waals surface area contributed by atoms with Gasteiger partial charge in [0.1, 0.15) is 5.52 Å². The number of aromatic nitrogens is 3. The summed E-state index contributed by atoms with van der Waals surface area (Å²) in [4.78, 5) is 26.8. The number of amides is 1. The van der Waals surface area contributed by atoms with E-state index in [1.54, 1.807) is 13.1 Å². The number of nitrogens with one attached hydrogen (secondary N) is 1. The van der Waals surface area contributed by atoms with E-state index in [2.05, 4.69) is 26.3 Å². The van der Waals surface area contributed by atoms with Gasteiger partial charge >= 0.3 is 0 Å². The minimum absolute atomic E-state index is 0.134. The van der Waals surface area contributed by atoms with Crippen LogP contribution in [0.4, 0.5) is 5.95 Å². The lowest BCUT2D eigenvalue weighted by molar-refractivity contribution is -0.130. The number of nitriles is 1. The Morgan fingerprint density at radius 2 is 2.10 bits per heavy atom. The second-order valence-electron chi connectivity index (χ2n) is 7.67. The molecule has 8 nitrogen and oxygen atoms in total. The van der Waals surface area contributed by atoms with E-state index >= 15 is 0 Å². The number of aryl methyl sites for hydroxylation is 1. The van der Waals surface area contributed by atoms with Gasteiger partial charge in [0.2, 0.25) is 17.7 Å². The van der Waals surface area contributed by atoms with Gasteiger partial charge in [-0.2, -0.15) is 5.26 Å². The molecule has 0 aliphatic carbocycles. The van der Waals surface area contributed by atoms with Gasteiger partial charge in [-0.15, -0.1) is 0 Å². The highest BCUT2D eigenvalue weighted by Gasteiger charge is 2.25. The molecule has 1 amide bonds. The zero-order valence-corrected chi connectivity index (χ0v) is 17.1. The Labute approximate surface area is 174 Å². The highest BCUT2D eigenvalue weighted by Crippen LogP contribution is 2.28. The van der Waals surface area contributed by atoms with Crippen LogP contribution in [0.25, 0.3) is 11.1 Å². The first-order chi connectivity index (χ1) is 14.5. The van der Waals surface area contributed by atoms with Crippen LogP contribution in [0.15, 0.2) is 34.9 Å². The van der Waals surface area contributed by atoms with Gasteiger partial charge < -0.3 is 14.6 Å². The number of piperidine rings is 1. The maximum atomic E-state index is 11.5. The summed E-state index contributed by atoms with van der Waals surface area (Å²) in [5, 5.41) is 13.1. The van der Waals surface area contributed by atoms with Crippen LogP contribution in [0.5, 0.6) is 0 Å². The molecule has 0 bridgehead atoms. The number of hydrogen-bond acceptors (Lipinski definition) is 7. The van der Waals surface area contributed by atoms with Crippen molar-refractivity contribution in [2.24, 2.45) is 5.92 Å². The smallest absolute Gasteiger partial charge is 0.222 e. The minimum atomic E-state index is -0.709. The fraction of sp³-hybridized carbons (Fsp3) is 0.409. The van der Waals surface area contributed by atoms with Gasteiger partial charge in [0.05, 0.1) is 11.8 Å². The van der Waals surface area contributed by atoms with Gasteiger partial charge in [-0.05, 0) is 43.4 Å². The van der Waals surface area contributed by atoms with Crippen molar-refractivity contribution in [2.75, 3.05) is 25.0 Å². The number of fused-ring (bicyclic) bond motifs is 1. The van der Waals surface area contributed by atoms with Crippen molar-refractivity contribution in [1.82, 2.24) is 19.9 Å². The fourth-order valence-electron chi connectivity index (χ4n) is 3.77. The molecule has 0 radical (unpaired) electrons. The van der Waals surface area contributed by atoms with Crippen molar-refractivity contribution in [3.8, 4) is 6.07 Å². The Morgan fingerprint density at radius 1 is 1.33 bits per heavy atom. The first kappa shape index (κ1) is 19.8. The molecular formula is C22H24N6O2. The number of rotatable bonds is 5. The van der Waals surface area contributed by atoms with Crippen molar-refractivity contribution in [3.63, 3.8) is 0 Å². The summed E-state index contributed by atoms with van der Waals surface area (Å²) >= 11 is 0. The molecule has 2 aromatic heterocycles. The van der Waals surface area contributed by atoms with E-state index in [0.29, 0.717) is 29.0 Å². The third-order valence-electron chi connectivity index (χ3n) is 5.58. The quantitative estimate of drug-likeness (QED) is 0.695. The number of likely N-dealkylation sites (tertiary alicyclic amines) is 1. The Morgan fingerprint density at radius 3 is 2.80 bits per heavy atom. The Bertz CT molecular complexity index is 1060. The molecule has 0 saturated carbocycles. The summed E-state index contributed by atoms with van der Waals surface area (Å²) < 4.78 is 5.81. The summed E-state index contributed by atoms with van der Waals surface area (Å²) in [7, 11) is 0. The third-order valence-corrected chi connectivity index (χ3v) is 5.58. The molecule has 154 valence electrons. The van der Waals surface area contributed by atoms with Crippen LogP contribution in [-0.2, 0) is 4.79 Å². The zero-order chi connectivity index (χ0) is 21.1. The molecule has 4 rings (SSSR count). The molecular weight excluding hydrogens is 380 g/mol. The fourth-order valence-corrected chi connectivity index (χ4v) is 3.77. The van der Waals surface area contributed by atoms with Crippen molar-refractivity contribution in [3.05, 3.63) is 47.6 Å². The predicted octanol–water partition coefficient (Wildman–Crippen LogP) is 3.25. The van der Waals surface area contributed by atoms with Crippen molar-refractivity contribution >= 4 is 23.0 Å². The normalized spacial score (nSPS) is 15.7. The molecule has 1 aliphatic rings. The maximum Gasteiger partial charge on any atom is 0.222 e. The first-order valence-corrected chi connectivity index (χ1v) is 10.1. The number of nitrogens with zero attached hydrogens (tertiary/aromatic N) is 5. The van der Waals surface area contributed by atoms with Gasteiger partial charge in [-0.1, -0.05) is 12.1 Å². The molecule has 30 heavy (non-hydrogen) atoms. The molecule has 8 heteroatoms. The monoisotopic (exact) mass is 404 g/mol. The van der Waals surface area contributed by atoms with Crippen LogP contribution in [0, 0.1) is 24.2 Å². The van der Waals surface area contributed by atoms with Crippen LogP contribution in [0.3, 0.4) is 0 Å². The molecule has 3 heterocycles. The lowest BCUT2D eigenvalue weighted by Crippen LogP contribution is -2.38. The van der Waals surface area contributed by atoms with Gasteiger partial charge in [0.25, 0.3) is 0 Å². The standard InChI is InChI=1S/C22H24N6O2/c1-14-12-24-22(25-13-16-7-9-28(10-8-16)15(2)29)27-20(14)17(11-23)21-26-18-5-3-4-6-19(18)30-21/h3-6,12,16-17H,7-10,13H2,1-2H3,(H,24,25,27). The van der Waals surface area contributed by atoms with E-state index in [-0.39, 0.29) is 5.91 Å². The second kappa shape index (κ2) is 8.49. The molecule has 1 N–H and O–H groups in total. The van der Waals surface area contributed by atoms with E-state index in [9.17, 15) is 10.1 Å². The van der Waals surface area contributed by atoms with Crippen molar-refractivity contribution in [2.45, 2.75) is 32.6 Å². The third kappa shape index (κ3) is 4.10. The van der Waals surface area contributed by atoms with Crippen molar-refractivity contribution < 1.29 is 9.21 Å². The minimum Gasteiger partial charge on any atom is -0.439 e. The molecule has 0 spiro atoms. The topological polar surface area (TPSA) is 108 Å². The van der Waals surface area contributed by atoms with E-state index in [0.717, 1.165) is 43.6 Å². The Balaban J connectivity index is 1.48. The van der Waals surface area contributed by atoms with Gasteiger partial charge in [0, 0.05) is 32.8 Å². The number of para-hydroxylation sites is 2. The number of carbonyl (C=O) groups is 1. The summed E-state index contributed by atoms with van der Waals surface area (Å²) in [6, 6.07) is 9.72. The summed E-state index contributed by atoms with van der Waals surface area (Å²) in [5.74, 6) is 0.705. The summed E-state index contributed by atoms with van der Waals surface area (Å²) in [6.07, 6.45) is 3.63. The van der Waals surface area contributed by atoms with Gasteiger partial charge in [0.15, 0.2) is 11.5 Å². The summed E-state index contributed by atoms with van der Waals surface area (Å²) in [6.45, 7) is 5.80. The molecule has 3 aromatic rings. The second-order valence-corrected chi connectivity index (χ2v) is 7.67. The Kier molecular flexibility index (Phi) is 5.61. The molecule has 1 fully saturated rings. The number of anilines is 1. The van der Waals surface area contributed by atoms with Gasteiger partial charge in [-0.3, -0.25) is 4.79 Å². The van der Waals surface area contributed by atoms with E-state index in [4.69, 9.17) is 4.42 Å². The number of hydrogen-bond donors (Lipinski definition) is 1. The average molecular weight is 404 g/mol. The highest BCUT2D eigenvalue weighted by molar-refractivity contribution is 5.73. The highest BCUT2D eigenvalue weighted by atomic mass is 16.3. The van der Waals surface area contributed by atoms with Crippen molar-refractivity contribution in [1.29, 1.82) is 5.26 Å². The number of benzene rings is 1. The van der Waals surface area contributed by atoms with E-state index in [1.807, 2.05) is 36.1 Å². The lowest BCUT2D eigenvalue weighted by atomic mass is 9.97. The largest absolute Gasteiger partial charge is 0.439 e. The molecule has 1 aromatic carbocycles. The first-order valence-electron chi connectivity index (χ1n) is 10.1. The zero-order valence-electron chi connectivity index (χ0n) is 17.1. The maximum absolute atomic E-state index is 11.5.